The fraction of sp³-hybridized carbons (Fsp3) is 0.500. The van der Waals surface area contributed by atoms with Crippen molar-refractivity contribution in [3.8, 4) is 0 Å². The lowest BCUT2D eigenvalue weighted by Gasteiger charge is -2.21. The van der Waals surface area contributed by atoms with Crippen molar-refractivity contribution < 1.29 is 9.18 Å². The van der Waals surface area contributed by atoms with Crippen molar-refractivity contribution >= 4 is 17.4 Å². The van der Waals surface area contributed by atoms with Gasteiger partial charge >= 0.3 is 0 Å². The van der Waals surface area contributed by atoms with Crippen LogP contribution in [0.2, 0.25) is 5.02 Å². The van der Waals surface area contributed by atoms with Crippen LogP contribution in [0.4, 0.5) is 4.39 Å². The maximum atomic E-state index is 12.9. The predicted octanol–water partition coefficient (Wildman–Crippen LogP) is 2.98. The monoisotopic (exact) mass is 269 g/mol. The van der Waals surface area contributed by atoms with E-state index in [1.54, 1.807) is 6.07 Å². The zero-order valence-electron chi connectivity index (χ0n) is 10.2. The van der Waals surface area contributed by atoms with E-state index >= 15 is 0 Å². The van der Waals surface area contributed by atoms with Crippen molar-refractivity contribution in [1.82, 2.24) is 5.32 Å². The molecule has 4 heteroatoms. The Balaban J connectivity index is 1.90. The Labute approximate surface area is 112 Å². The van der Waals surface area contributed by atoms with E-state index in [2.05, 4.69) is 5.32 Å². The minimum atomic E-state index is -0.368. The summed E-state index contributed by atoms with van der Waals surface area (Å²) in [6.45, 7) is 1.97. The minimum Gasteiger partial charge on any atom is -0.316 e. The molecule has 0 amide bonds. The fourth-order valence-electron chi connectivity index (χ4n) is 2.37. The number of nitrogens with one attached hydrogen (secondary N) is 1. The molecule has 1 unspecified atom stereocenters. The third-order valence-corrected chi connectivity index (χ3v) is 3.67. The quantitative estimate of drug-likeness (QED) is 0.910. The molecule has 1 N–H and O–H groups in total. The van der Waals surface area contributed by atoms with E-state index in [1.165, 1.54) is 12.1 Å². The molecule has 0 spiro atoms. The zero-order chi connectivity index (χ0) is 13.0. The van der Waals surface area contributed by atoms with Gasteiger partial charge in [-0.3, -0.25) is 4.79 Å². The second-order valence-corrected chi connectivity index (χ2v) is 5.27. The molecule has 2 nitrogen and oxygen atoms in total. The molecule has 18 heavy (non-hydrogen) atoms. The largest absolute Gasteiger partial charge is 0.316 e. The number of hydrogen-bond donors (Lipinski definition) is 1. The SMILES string of the molecule is O=C(Cc1ccc(F)cc1Cl)CC1CCCNC1. The smallest absolute Gasteiger partial charge is 0.137 e. The summed E-state index contributed by atoms with van der Waals surface area (Å²) in [5.41, 5.74) is 0.715. The minimum absolute atomic E-state index is 0.178. The molecule has 0 aromatic heterocycles. The van der Waals surface area contributed by atoms with Crippen LogP contribution in [0, 0.1) is 11.7 Å². The van der Waals surface area contributed by atoms with Crippen LogP contribution in [-0.4, -0.2) is 18.9 Å². The molecule has 1 aliphatic heterocycles. The Morgan fingerprint density at radius 2 is 2.33 bits per heavy atom. The highest BCUT2D eigenvalue weighted by Crippen LogP contribution is 2.20. The van der Waals surface area contributed by atoms with Gasteiger partial charge < -0.3 is 5.32 Å². The standard InChI is InChI=1S/C14H17ClFNO/c15-14-8-12(16)4-3-11(14)7-13(18)6-10-2-1-5-17-9-10/h3-4,8,10,17H,1-2,5-7,9H2. The van der Waals surface area contributed by atoms with Gasteiger partial charge in [0.15, 0.2) is 0 Å². The second kappa shape index (κ2) is 6.30. The first-order chi connectivity index (χ1) is 8.65. The maximum absolute atomic E-state index is 12.9. The number of halogens is 2. The average molecular weight is 270 g/mol. The number of carbonyl (C=O) groups is 1. The lowest BCUT2D eigenvalue weighted by Crippen LogP contribution is -2.31. The molecule has 1 aromatic carbocycles. The van der Waals surface area contributed by atoms with E-state index in [0.29, 0.717) is 29.3 Å². The first-order valence-corrected chi connectivity index (χ1v) is 6.69. The first-order valence-electron chi connectivity index (χ1n) is 6.31. The normalized spacial score (nSPS) is 19.8. The van der Waals surface area contributed by atoms with E-state index in [4.69, 9.17) is 11.6 Å². The van der Waals surface area contributed by atoms with Crippen molar-refractivity contribution in [1.29, 1.82) is 0 Å². The molecule has 0 radical (unpaired) electrons. The molecule has 1 aliphatic rings. The summed E-state index contributed by atoms with van der Waals surface area (Å²) in [6.07, 6.45) is 3.13. The summed E-state index contributed by atoms with van der Waals surface area (Å²) < 4.78 is 12.9. The van der Waals surface area contributed by atoms with Gasteiger partial charge in [-0.15, -0.1) is 0 Å². The van der Waals surface area contributed by atoms with Gasteiger partial charge in [0.2, 0.25) is 0 Å². The summed E-state index contributed by atoms with van der Waals surface area (Å²) in [6, 6.07) is 4.19. The van der Waals surface area contributed by atoms with Crippen molar-refractivity contribution in [2.75, 3.05) is 13.1 Å². The molecule has 0 bridgehead atoms. The average Bonchev–Trinajstić information content (AvgIpc) is 2.34. The Hall–Kier alpha value is -0.930. The van der Waals surface area contributed by atoms with Crippen LogP contribution in [0.3, 0.4) is 0 Å². The van der Waals surface area contributed by atoms with Crippen LogP contribution in [0.5, 0.6) is 0 Å². The molecule has 0 saturated carbocycles. The number of benzene rings is 1. The molecule has 1 aromatic rings. The number of rotatable bonds is 4. The van der Waals surface area contributed by atoms with Crippen LogP contribution in [0.25, 0.3) is 0 Å². The molecular formula is C14H17ClFNO. The van der Waals surface area contributed by atoms with Gasteiger partial charge in [-0.05, 0) is 49.5 Å². The van der Waals surface area contributed by atoms with E-state index in [9.17, 15) is 9.18 Å². The van der Waals surface area contributed by atoms with Gasteiger partial charge in [0.25, 0.3) is 0 Å². The van der Waals surface area contributed by atoms with Crippen LogP contribution in [0.1, 0.15) is 24.8 Å². The molecule has 2 rings (SSSR count). The number of hydrogen-bond acceptors (Lipinski definition) is 2. The van der Waals surface area contributed by atoms with E-state index < -0.39 is 0 Å². The Morgan fingerprint density at radius 3 is 3.00 bits per heavy atom. The Morgan fingerprint density at radius 1 is 1.50 bits per heavy atom. The maximum Gasteiger partial charge on any atom is 0.137 e. The van der Waals surface area contributed by atoms with Gasteiger partial charge in [-0.2, -0.15) is 0 Å². The van der Waals surface area contributed by atoms with Crippen LogP contribution >= 0.6 is 11.6 Å². The zero-order valence-corrected chi connectivity index (χ0v) is 11.0. The number of Topliss-reactive ketones (excluding diaryl/α,β-unsaturated/α-hetero) is 1. The van der Waals surface area contributed by atoms with Gasteiger partial charge in [-0.25, -0.2) is 4.39 Å². The van der Waals surface area contributed by atoms with Crippen molar-refractivity contribution in [2.45, 2.75) is 25.7 Å². The number of piperidine rings is 1. The molecule has 1 heterocycles. The molecule has 0 aliphatic carbocycles. The van der Waals surface area contributed by atoms with Gasteiger partial charge in [0.05, 0.1) is 0 Å². The van der Waals surface area contributed by atoms with E-state index in [-0.39, 0.29) is 11.6 Å². The van der Waals surface area contributed by atoms with E-state index in [0.717, 1.165) is 25.9 Å². The number of ketones is 1. The predicted molar refractivity (Wildman–Crippen MR) is 70.3 cm³/mol. The molecule has 1 saturated heterocycles. The van der Waals surface area contributed by atoms with Crippen molar-refractivity contribution in [3.63, 3.8) is 0 Å². The molecular weight excluding hydrogens is 253 g/mol. The van der Waals surface area contributed by atoms with E-state index in [1.807, 2.05) is 0 Å². The lowest BCUT2D eigenvalue weighted by molar-refractivity contribution is -0.119. The molecule has 98 valence electrons. The topological polar surface area (TPSA) is 29.1 Å². The Kier molecular flexibility index (Phi) is 4.72. The lowest BCUT2D eigenvalue weighted by atomic mass is 9.92. The second-order valence-electron chi connectivity index (χ2n) is 4.87. The third kappa shape index (κ3) is 3.79. The van der Waals surface area contributed by atoms with Gasteiger partial charge in [0.1, 0.15) is 11.6 Å². The summed E-state index contributed by atoms with van der Waals surface area (Å²) in [4.78, 5) is 11.9. The molecule has 1 atom stereocenters. The van der Waals surface area contributed by atoms with Crippen LogP contribution in [-0.2, 0) is 11.2 Å². The van der Waals surface area contributed by atoms with Crippen molar-refractivity contribution in [3.05, 3.63) is 34.6 Å². The van der Waals surface area contributed by atoms with Gasteiger partial charge in [-0.1, -0.05) is 17.7 Å². The van der Waals surface area contributed by atoms with Crippen molar-refractivity contribution in [2.24, 2.45) is 5.92 Å². The fourth-order valence-corrected chi connectivity index (χ4v) is 2.60. The van der Waals surface area contributed by atoms with Gasteiger partial charge in [0, 0.05) is 17.9 Å². The molecule has 1 fully saturated rings. The summed E-state index contributed by atoms with van der Waals surface area (Å²) in [5, 5.41) is 3.63. The highest BCUT2D eigenvalue weighted by Gasteiger charge is 2.17. The first kappa shape index (κ1) is 13.5. The third-order valence-electron chi connectivity index (χ3n) is 3.32. The Bertz CT molecular complexity index is 430. The summed E-state index contributed by atoms with van der Waals surface area (Å²) in [5.74, 6) is 0.246. The van der Waals surface area contributed by atoms with Crippen LogP contribution in [0.15, 0.2) is 18.2 Å². The summed E-state index contributed by atoms with van der Waals surface area (Å²) in [7, 11) is 0. The highest BCUT2D eigenvalue weighted by molar-refractivity contribution is 6.31. The highest BCUT2D eigenvalue weighted by atomic mass is 35.5. The summed E-state index contributed by atoms with van der Waals surface area (Å²) >= 11 is 5.91. The number of carbonyl (C=O) groups excluding carboxylic acids is 1. The van der Waals surface area contributed by atoms with Crippen LogP contribution < -0.4 is 5.32 Å².